The number of nitrogens with zero attached hydrogens (tertiary/aromatic N) is 1. The lowest BCUT2D eigenvalue weighted by atomic mass is 10.1. The summed E-state index contributed by atoms with van der Waals surface area (Å²) in [6.07, 6.45) is -0.0331. The first kappa shape index (κ1) is 16.0. The molecule has 4 nitrogen and oxygen atoms in total. The maximum atomic E-state index is 12.4. The molecule has 0 aromatic heterocycles. The van der Waals surface area contributed by atoms with Crippen molar-refractivity contribution in [1.29, 1.82) is 0 Å². The zero-order valence-corrected chi connectivity index (χ0v) is 12.2. The minimum atomic E-state index is -0.0331. The molecule has 0 bridgehead atoms. The van der Waals surface area contributed by atoms with Crippen molar-refractivity contribution in [2.75, 3.05) is 26.2 Å². The second kappa shape index (κ2) is 6.89. The summed E-state index contributed by atoms with van der Waals surface area (Å²) in [6, 6.07) is 5.82. The molecule has 1 amide bonds. The average molecular weight is 285 g/mol. The molecule has 106 valence electrons. The molecule has 1 unspecified atom stereocenters. The maximum Gasteiger partial charge on any atom is 0.254 e. The third kappa shape index (κ3) is 3.69. The van der Waals surface area contributed by atoms with Crippen LogP contribution in [-0.4, -0.2) is 43.2 Å². The van der Waals surface area contributed by atoms with E-state index in [4.69, 9.17) is 10.5 Å². The van der Waals surface area contributed by atoms with Gasteiger partial charge in [0, 0.05) is 25.2 Å². The number of rotatable bonds is 2. The van der Waals surface area contributed by atoms with Gasteiger partial charge in [0.05, 0.1) is 12.7 Å². The highest BCUT2D eigenvalue weighted by Gasteiger charge is 2.24. The summed E-state index contributed by atoms with van der Waals surface area (Å²) in [5.41, 5.74) is 8.68. The summed E-state index contributed by atoms with van der Waals surface area (Å²) < 4.78 is 5.47. The summed E-state index contributed by atoms with van der Waals surface area (Å²) in [5.74, 6) is 0.0693. The van der Waals surface area contributed by atoms with Gasteiger partial charge in [0.2, 0.25) is 0 Å². The number of aryl methyl sites for hydroxylation is 2. The Morgan fingerprint density at radius 3 is 2.79 bits per heavy atom. The molecule has 1 aliphatic rings. The summed E-state index contributed by atoms with van der Waals surface area (Å²) in [6.45, 7) is 6.32. The molecule has 1 saturated heterocycles. The highest BCUT2D eigenvalue weighted by atomic mass is 35.5. The Morgan fingerprint density at radius 1 is 1.42 bits per heavy atom. The number of hydrogen-bond donors (Lipinski definition) is 1. The van der Waals surface area contributed by atoms with E-state index in [1.807, 2.05) is 36.9 Å². The van der Waals surface area contributed by atoms with E-state index in [2.05, 4.69) is 0 Å². The van der Waals surface area contributed by atoms with Crippen molar-refractivity contribution in [3.05, 3.63) is 34.9 Å². The zero-order valence-electron chi connectivity index (χ0n) is 11.4. The van der Waals surface area contributed by atoms with Crippen molar-refractivity contribution in [3.8, 4) is 0 Å². The lowest BCUT2D eigenvalue weighted by Crippen LogP contribution is -2.48. The quantitative estimate of drug-likeness (QED) is 0.896. The molecule has 2 N–H and O–H groups in total. The number of morpholine rings is 1. The van der Waals surface area contributed by atoms with Gasteiger partial charge >= 0.3 is 0 Å². The van der Waals surface area contributed by atoms with Crippen molar-refractivity contribution >= 4 is 18.3 Å². The van der Waals surface area contributed by atoms with Crippen molar-refractivity contribution in [2.45, 2.75) is 20.0 Å². The number of amides is 1. The van der Waals surface area contributed by atoms with E-state index in [-0.39, 0.29) is 24.4 Å². The number of benzene rings is 1. The van der Waals surface area contributed by atoms with E-state index in [1.165, 1.54) is 5.56 Å². The van der Waals surface area contributed by atoms with E-state index < -0.39 is 0 Å². The minimum Gasteiger partial charge on any atom is -0.373 e. The van der Waals surface area contributed by atoms with E-state index in [0.717, 1.165) is 11.1 Å². The van der Waals surface area contributed by atoms with Gasteiger partial charge in [-0.3, -0.25) is 4.79 Å². The number of hydrogen-bond acceptors (Lipinski definition) is 3. The minimum absolute atomic E-state index is 0. The van der Waals surface area contributed by atoms with Crippen molar-refractivity contribution in [2.24, 2.45) is 5.73 Å². The second-order valence-corrected chi connectivity index (χ2v) is 4.78. The summed E-state index contributed by atoms with van der Waals surface area (Å²) >= 11 is 0. The Kier molecular flexibility index (Phi) is 5.79. The lowest BCUT2D eigenvalue weighted by molar-refractivity contribution is -0.0167. The van der Waals surface area contributed by atoms with E-state index >= 15 is 0 Å². The van der Waals surface area contributed by atoms with Crippen molar-refractivity contribution in [1.82, 2.24) is 4.90 Å². The number of carbonyl (C=O) groups excluding carboxylic acids is 1. The van der Waals surface area contributed by atoms with Crippen LogP contribution in [0.2, 0.25) is 0 Å². The highest BCUT2D eigenvalue weighted by molar-refractivity contribution is 5.94. The van der Waals surface area contributed by atoms with Crippen LogP contribution >= 0.6 is 12.4 Å². The highest BCUT2D eigenvalue weighted by Crippen LogP contribution is 2.14. The molecule has 0 radical (unpaired) electrons. The van der Waals surface area contributed by atoms with Crippen LogP contribution in [0.5, 0.6) is 0 Å². The molecule has 0 saturated carbocycles. The van der Waals surface area contributed by atoms with Crippen LogP contribution in [-0.2, 0) is 4.74 Å². The first-order chi connectivity index (χ1) is 8.61. The molecule has 0 aliphatic carbocycles. The summed E-state index contributed by atoms with van der Waals surface area (Å²) in [4.78, 5) is 14.2. The molecule has 0 spiro atoms. The standard InChI is InChI=1S/C14H20N2O2.ClH/c1-10-3-4-12(7-11(10)2)14(17)16-5-6-18-13(8-15)9-16;/h3-4,7,13H,5-6,8-9,15H2,1-2H3;1H. The van der Waals surface area contributed by atoms with Gasteiger partial charge in [0.1, 0.15) is 0 Å². The van der Waals surface area contributed by atoms with Gasteiger partial charge < -0.3 is 15.4 Å². The van der Waals surface area contributed by atoms with Gasteiger partial charge in [-0.1, -0.05) is 6.07 Å². The molecule has 19 heavy (non-hydrogen) atoms. The Morgan fingerprint density at radius 2 is 2.16 bits per heavy atom. The number of carbonyl (C=O) groups is 1. The topological polar surface area (TPSA) is 55.6 Å². The zero-order chi connectivity index (χ0) is 13.1. The van der Waals surface area contributed by atoms with Gasteiger partial charge in [0.15, 0.2) is 0 Å². The lowest BCUT2D eigenvalue weighted by Gasteiger charge is -2.32. The third-order valence-electron chi connectivity index (χ3n) is 3.44. The molecule has 5 heteroatoms. The van der Waals surface area contributed by atoms with Gasteiger partial charge in [0.25, 0.3) is 5.91 Å². The predicted octanol–water partition coefficient (Wildman–Crippen LogP) is 1.52. The van der Waals surface area contributed by atoms with E-state index in [9.17, 15) is 4.79 Å². The first-order valence-corrected chi connectivity index (χ1v) is 6.30. The molecule has 1 atom stereocenters. The fourth-order valence-corrected chi connectivity index (χ4v) is 2.10. The smallest absolute Gasteiger partial charge is 0.254 e. The summed E-state index contributed by atoms with van der Waals surface area (Å²) in [5, 5.41) is 0. The van der Waals surface area contributed by atoms with E-state index in [0.29, 0.717) is 26.2 Å². The first-order valence-electron chi connectivity index (χ1n) is 6.30. The van der Waals surface area contributed by atoms with Crippen LogP contribution in [0.3, 0.4) is 0 Å². The second-order valence-electron chi connectivity index (χ2n) is 4.78. The maximum absolute atomic E-state index is 12.4. The molecular weight excluding hydrogens is 264 g/mol. The van der Waals surface area contributed by atoms with Gasteiger partial charge in [-0.05, 0) is 37.1 Å². The molecule has 1 aliphatic heterocycles. The Balaban J connectivity index is 0.00000180. The van der Waals surface area contributed by atoms with Crippen LogP contribution in [0, 0.1) is 13.8 Å². The van der Waals surface area contributed by atoms with Gasteiger partial charge in [-0.25, -0.2) is 0 Å². The van der Waals surface area contributed by atoms with Crippen LogP contribution < -0.4 is 5.73 Å². The molecule has 1 heterocycles. The van der Waals surface area contributed by atoms with Crippen LogP contribution in [0.4, 0.5) is 0 Å². The monoisotopic (exact) mass is 284 g/mol. The molecule has 1 aromatic rings. The Hall–Kier alpha value is -1.10. The predicted molar refractivity (Wildman–Crippen MR) is 77.9 cm³/mol. The average Bonchev–Trinajstić information content (AvgIpc) is 2.41. The fourth-order valence-electron chi connectivity index (χ4n) is 2.10. The van der Waals surface area contributed by atoms with Crippen LogP contribution in [0.15, 0.2) is 18.2 Å². The van der Waals surface area contributed by atoms with Crippen molar-refractivity contribution < 1.29 is 9.53 Å². The fraction of sp³-hybridized carbons (Fsp3) is 0.500. The van der Waals surface area contributed by atoms with Crippen LogP contribution in [0.25, 0.3) is 0 Å². The number of nitrogens with two attached hydrogens (primary N) is 1. The molecular formula is C14H21ClN2O2. The molecule has 1 fully saturated rings. The van der Waals surface area contributed by atoms with Gasteiger partial charge in [-0.2, -0.15) is 0 Å². The van der Waals surface area contributed by atoms with E-state index in [1.54, 1.807) is 0 Å². The third-order valence-corrected chi connectivity index (χ3v) is 3.44. The Bertz CT molecular complexity index is 451. The largest absolute Gasteiger partial charge is 0.373 e. The molecule has 1 aromatic carbocycles. The van der Waals surface area contributed by atoms with Gasteiger partial charge in [-0.15, -0.1) is 12.4 Å². The van der Waals surface area contributed by atoms with Crippen LogP contribution in [0.1, 0.15) is 21.5 Å². The summed E-state index contributed by atoms with van der Waals surface area (Å²) in [7, 11) is 0. The SMILES string of the molecule is Cc1ccc(C(=O)N2CCOC(CN)C2)cc1C.Cl. The van der Waals surface area contributed by atoms with Crippen molar-refractivity contribution in [3.63, 3.8) is 0 Å². The normalized spacial score (nSPS) is 18.9. The molecule has 2 rings (SSSR count). The number of ether oxygens (including phenoxy) is 1. The Labute approximate surface area is 120 Å². The number of halogens is 1.